The normalized spacial score (nSPS) is 18.7. The van der Waals surface area contributed by atoms with Gasteiger partial charge in [0.1, 0.15) is 0 Å². The summed E-state index contributed by atoms with van der Waals surface area (Å²) in [5.41, 5.74) is 18.4. The summed E-state index contributed by atoms with van der Waals surface area (Å²) in [4.78, 5) is 0. The quantitative estimate of drug-likeness (QED) is 0.140. The van der Waals surface area contributed by atoms with Gasteiger partial charge in [-0.05, 0) is 0 Å². The molecule has 4 aromatic rings. The van der Waals surface area contributed by atoms with Crippen molar-refractivity contribution < 1.29 is 20.0 Å². The molecular weight excluding hydrogens is 754 g/mol. The summed E-state index contributed by atoms with van der Waals surface area (Å²) in [6.07, 6.45) is 12.5. The summed E-state index contributed by atoms with van der Waals surface area (Å²) < 4.78 is 4.52. The largest absolute Gasteiger partial charge is 0.147 e. The van der Waals surface area contributed by atoms with E-state index in [0.29, 0.717) is 0 Å². The van der Waals surface area contributed by atoms with Crippen molar-refractivity contribution in [3.05, 3.63) is 129 Å². The minimum Gasteiger partial charge on any atom is -0.147 e. The average molecular weight is 802 g/mol. The Morgan fingerprint density at radius 1 is 0.533 bits per heavy atom. The number of benzene rings is 4. The van der Waals surface area contributed by atoms with Crippen LogP contribution in [-0.4, -0.2) is 0 Å². The average Bonchev–Trinajstić information content (AvgIpc) is 3.60. The zero-order valence-corrected chi connectivity index (χ0v) is 32.6. The van der Waals surface area contributed by atoms with Gasteiger partial charge in [-0.2, -0.15) is 0 Å². The van der Waals surface area contributed by atoms with E-state index in [-0.39, 0.29) is 24.8 Å². The van der Waals surface area contributed by atoms with Crippen LogP contribution in [0.4, 0.5) is 0 Å². The molecule has 0 nitrogen and oxygen atoms in total. The molecule has 2 unspecified atom stereocenters. The number of hydrogen-bond acceptors (Lipinski definition) is 0. The minimum atomic E-state index is -2.89. The maximum Gasteiger partial charge on any atom is -0.147 e. The molecule has 3 heteroatoms. The Hall–Kier alpha value is -2.19. The first kappa shape index (κ1) is 34.2. The van der Waals surface area contributed by atoms with Gasteiger partial charge in [0.2, 0.25) is 0 Å². The number of allylic oxidation sites excluding steroid dienone is 2. The Bertz CT molecular complexity index is 1580. The third-order valence-corrected chi connectivity index (χ3v) is 29.8. The van der Waals surface area contributed by atoms with Gasteiger partial charge in [0.05, 0.1) is 0 Å². The molecule has 0 bridgehead atoms. The first-order valence-corrected chi connectivity index (χ1v) is 26.2. The zero-order chi connectivity index (χ0) is 29.6. The van der Waals surface area contributed by atoms with Crippen LogP contribution in [0.15, 0.2) is 96.1 Å². The fraction of sp³-hybridized carbons (Fsp3) is 0.333. The first-order chi connectivity index (χ1) is 21.1. The fourth-order valence-electron chi connectivity index (χ4n) is 8.53. The molecule has 1 saturated heterocycles. The number of rotatable bonds is 10. The van der Waals surface area contributed by atoms with Gasteiger partial charge in [-0.3, -0.25) is 0 Å². The summed E-state index contributed by atoms with van der Waals surface area (Å²) in [7, 11) is 0. The molecule has 0 aromatic heterocycles. The van der Waals surface area contributed by atoms with E-state index in [1.807, 2.05) is 0 Å². The van der Waals surface area contributed by atoms with E-state index < -0.39 is 20.0 Å². The predicted octanol–water partition coefficient (Wildman–Crippen LogP) is 13.2. The zero-order valence-electron chi connectivity index (χ0n) is 27.4. The van der Waals surface area contributed by atoms with Crippen molar-refractivity contribution in [2.75, 3.05) is 0 Å². The van der Waals surface area contributed by atoms with Crippen molar-refractivity contribution in [3.63, 3.8) is 0 Å². The molecule has 2 aliphatic carbocycles. The second-order valence-electron chi connectivity index (χ2n) is 13.3. The van der Waals surface area contributed by atoms with Gasteiger partial charge < -0.3 is 0 Å². The van der Waals surface area contributed by atoms with Crippen LogP contribution in [0, 0.1) is 0 Å². The Labute approximate surface area is 288 Å². The van der Waals surface area contributed by atoms with Gasteiger partial charge in [-0.25, -0.2) is 0 Å². The molecule has 2 atom stereocenters. The van der Waals surface area contributed by atoms with Gasteiger partial charge in [0.15, 0.2) is 0 Å². The Balaban J connectivity index is 0.00000200. The van der Waals surface area contributed by atoms with Crippen LogP contribution in [0.1, 0.15) is 94.1 Å². The third kappa shape index (κ3) is 6.03. The van der Waals surface area contributed by atoms with Gasteiger partial charge in [0, 0.05) is 0 Å². The predicted molar refractivity (Wildman–Crippen MR) is 198 cm³/mol. The van der Waals surface area contributed by atoms with Crippen LogP contribution < -0.4 is 0 Å². The second-order valence-corrected chi connectivity index (χ2v) is 29.9. The molecule has 1 aliphatic heterocycles. The molecule has 1 heterocycles. The van der Waals surface area contributed by atoms with Crippen molar-refractivity contribution in [1.29, 1.82) is 0 Å². The number of hydrogen-bond donors (Lipinski definition) is 0. The van der Waals surface area contributed by atoms with E-state index in [4.69, 9.17) is 0 Å². The Kier molecular flexibility index (Phi) is 10.8. The molecule has 0 saturated carbocycles. The molecule has 0 amide bonds. The summed E-state index contributed by atoms with van der Waals surface area (Å²) >= 11 is -2.89. The van der Waals surface area contributed by atoms with Gasteiger partial charge in [0.25, 0.3) is 0 Å². The topological polar surface area (TPSA) is 0 Å². The van der Waals surface area contributed by atoms with Crippen molar-refractivity contribution in [3.8, 4) is 22.3 Å². The first-order valence-electron chi connectivity index (χ1n) is 17.0. The molecule has 0 radical (unpaired) electrons. The number of fused-ring (bicyclic) bond motifs is 2. The summed E-state index contributed by atoms with van der Waals surface area (Å²) in [6.45, 7) is 9.25. The Morgan fingerprint density at radius 2 is 0.933 bits per heavy atom. The molecule has 0 spiro atoms. The van der Waals surface area contributed by atoms with Crippen molar-refractivity contribution in [1.82, 2.24) is 0 Å². The van der Waals surface area contributed by atoms with Crippen molar-refractivity contribution in [2.24, 2.45) is 0 Å². The van der Waals surface area contributed by atoms with Gasteiger partial charge >= 0.3 is 266 Å². The summed E-state index contributed by atoms with van der Waals surface area (Å²) in [6, 6.07) is 33.3. The molecule has 1 fully saturated rings. The third-order valence-electron chi connectivity index (χ3n) is 10.7. The van der Waals surface area contributed by atoms with Crippen LogP contribution in [0.2, 0.25) is 8.35 Å². The molecule has 3 aliphatic rings. The van der Waals surface area contributed by atoms with Crippen molar-refractivity contribution >= 4 is 37.0 Å². The number of halogens is 2. The molecule has 234 valence electrons. The van der Waals surface area contributed by atoms with Crippen LogP contribution in [0.5, 0.6) is 0 Å². The molecule has 45 heavy (non-hydrogen) atoms. The molecule has 4 aromatic carbocycles. The minimum absolute atomic E-state index is 0. The summed E-state index contributed by atoms with van der Waals surface area (Å²) in [5.74, 6) is 0. The van der Waals surface area contributed by atoms with E-state index in [1.54, 1.807) is 22.3 Å². The maximum atomic E-state index is 2.66. The van der Waals surface area contributed by atoms with Gasteiger partial charge in [-0.1, -0.05) is 0 Å². The van der Waals surface area contributed by atoms with Crippen LogP contribution in [-0.2, 0) is 32.8 Å². The van der Waals surface area contributed by atoms with Gasteiger partial charge in [-0.15, -0.1) is 24.8 Å². The van der Waals surface area contributed by atoms with E-state index in [1.165, 1.54) is 78.5 Å². The second kappa shape index (κ2) is 14.3. The van der Waals surface area contributed by atoms with Crippen LogP contribution >= 0.6 is 24.8 Å². The molecule has 7 rings (SSSR count). The van der Waals surface area contributed by atoms with Crippen molar-refractivity contribution in [2.45, 2.75) is 81.9 Å². The van der Waals surface area contributed by atoms with E-state index in [0.717, 1.165) is 20.2 Å². The SMILES string of the molecule is CCCC1=Cc2c(-c3ccc(CC)cc3)cccc2[CH]1[Hf]1([CH]2C(CCC)=Cc3c(-c4ccc(CC)cc4)cccc32)[CH2][CH2]1.Cl.Cl. The van der Waals surface area contributed by atoms with E-state index in [2.05, 4.69) is 125 Å². The number of aryl methyl sites for hydroxylation is 2. The van der Waals surface area contributed by atoms with Crippen LogP contribution in [0.3, 0.4) is 0 Å². The monoisotopic (exact) mass is 802 g/mol. The standard InChI is InChI=1S/2C20H21.C2H4.2ClH.Hf/c2*1-3-6-16-13-18-7-5-8-19(20(18)14-16)17-11-9-15(4-2)10-12-17;1-2;;;/h2*5,7-14H,3-4,6H2,1-2H3;1-2H2;2*1H;. The fourth-order valence-corrected chi connectivity index (χ4v) is 36.6. The van der Waals surface area contributed by atoms with E-state index in [9.17, 15) is 0 Å². The molecular formula is C42H48Cl2Hf. The Morgan fingerprint density at radius 3 is 1.27 bits per heavy atom. The van der Waals surface area contributed by atoms with Crippen LogP contribution in [0.25, 0.3) is 34.4 Å². The maximum absolute atomic E-state index is 2.89. The smallest absolute Gasteiger partial charge is 0.147 e. The summed E-state index contributed by atoms with van der Waals surface area (Å²) in [5, 5.41) is 0. The van der Waals surface area contributed by atoms with E-state index >= 15 is 0 Å². The molecule has 0 N–H and O–H groups in total.